The third-order valence-corrected chi connectivity index (χ3v) is 2.46. The van der Waals surface area contributed by atoms with Crippen LogP contribution in [0.4, 0.5) is 4.79 Å². The van der Waals surface area contributed by atoms with Crippen molar-refractivity contribution in [3.8, 4) is 10.6 Å². The summed E-state index contributed by atoms with van der Waals surface area (Å²) in [5.74, 6) is 0. The van der Waals surface area contributed by atoms with Gasteiger partial charge in [0.25, 0.3) is 0 Å². The van der Waals surface area contributed by atoms with Crippen LogP contribution in [0.2, 0.25) is 0 Å². The molecule has 0 saturated carbocycles. The van der Waals surface area contributed by atoms with Crippen LogP contribution in [0.5, 0.6) is 0 Å². The van der Waals surface area contributed by atoms with E-state index in [1.807, 2.05) is 30.3 Å². The first-order valence-corrected chi connectivity index (χ1v) is 4.94. The fourth-order valence-electron chi connectivity index (χ4n) is 1.03. The Balaban J connectivity index is 2.41. The zero-order valence-corrected chi connectivity index (χ0v) is 8.40. The molecule has 0 unspecified atom stereocenters. The van der Waals surface area contributed by atoms with Crippen LogP contribution in [0, 0.1) is 0 Å². The number of carbonyl (C=O) groups excluding carboxylic acids is 1. The summed E-state index contributed by atoms with van der Waals surface area (Å²) in [6, 6.07) is 8.68. The number of primary amides is 1. The summed E-state index contributed by atoms with van der Waals surface area (Å²) in [4.78, 5) is 14.1. The van der Waals surface area contributed by atoms with Crippen molar-refractivity contribution in [2.24, 2.45) is 10.7 Å². The standard InChI is InChI=1S/C9H7N3O2S/c10-8(13)11-9-14-12-7(15-9)6-4-2-1-3-5-6/h1-5H,(H2,10,13)/b11-9+. The van der Waals surface area contributed by atoms with E-state index < -0.39 is 6.03 Å². The number of urea groups is 1. The Bertz CT molecular complexity index is 530. The van der Waals surface area contributed by atoms with Gasteiger partial charge >= 0.3 is 10.9 Å². The summed E-state index contributed by atoms with van der Waals surface area (Å²) in [5.41, 5.74) is 5.80. The van der Waals surface area contributed by atoms with Crippen molar-refractivity contribution in [3.63, 3.8) is 0 Å². The number of hydrogen-bond acceptors (Lipinski definition) is 4. The Labute approximate surface area is 88.9 Å². The molecule has 76 valence electrons. The monoisotopic (exact) mass is 221 g/mol. The van der Waals surface area contributed by atoms with Gasteiger partial charge in [-0.1, -0.05) is 46.8 Å². The van der Waals surface area contributed by atoms with Gasteiger partial charge in [-0.2, -0.15) is 0 Å². The molecule has 0 atom stereocenters. The van der Waals surface area contributed by atoms with Crippen LogP contribution in [-0.4, -0.2) is 11.2 Å². The Morgan fingerprint density at radius 3 is 2.80 bits per heavy atom. The van der Waals surface area contributed by atoms with Crippen LogP contribution in [-0.2, 0) is 0 Å². The fourth-order valence-corrected chi connectivity index (χ4v) is 1.73. The van der Waals surface area contributed by atoms with E-state index in [-0.39, 0.29) is 4.87 Å². The zero-order valence-electron chi connectivity index (χ0n) is 7.58. The van der Waals surface area contributed by atoms with E-state index in [0.29, 0.717) is 5.01 Å². The summed E-state index contributed by atoms with van der Waals surface area (Å²) in [5, 5.41) is 4.44. The highest BCUT2D eigenvalue weighted by molar-refractivity contribution is 7.12. The van der Waals surface area contributed by atoms with E-state index in [1.165, 1.54) is 11.3 Å². The van der Waals surface area contributed by atoms with Crippen molar-refractivity contribution in [2.75, 3.05) is 0 Å². The Morgan fingerprint density at radius 2 is 2.13 bits per heavy atom. The van der Waals surface area contributed by atoms with Crippen molar-refractivity contribution >= 4 is 17.4 Å². The Morgan fingerprint density at radius 1 is 1.40 bits per heavy atom. The number of rotatable bonds is 1. The number of nitrogens with two attached hydrogens (primary N) is 1. The number of benzene rings is 1. The molecule has 0 fully saturated rings. The van der Waals surface area contributed by atoms with Crippen LogP contribution in [0.25, 0.3) is 10.6 Å². The first kappa shape index (κ1) is 9.60. The molecule has 6 heteroatoms. The maximum atomic E-state index is 10.5. The highest BCUT2D eigenvalue weighted by atomic mass is 32.1. The molecule has 2 rings (SSSR count). The molecule has 0 aliphatic carbocycles. The molecule has 0 saturated heterocycles. The molecule has 2 aromatic rings. The smallest absolute Gasteiger partial charge is 0.342 e. The lowest BCUT2D eigenvalue weighted by molar-refractivity contribution is 0.254. The molecule has 1 heterocycles. The minimum absolute atomic E-state index is 0.154. The molecule has 5 nitrogen and oxygen atoms in total. The molecular formula is C9H7N3O2S. The van der Waals surface area contributed by atoms with Gasteiger partial charge in [0.2, 0.25) is 0 Å². The summed E-state index contributed by atoms with van der Waals surface area (Å²) >= 11 is 1.17. The molecule has 2 N–H and O–H groups in total. The van der Waals surface area contributed by atoms with Crippen molar-refractivity contribution in [2.45, 2.75) is 0 Å². The van der Waals surface area contributed by atoms with E-state index in [2.05, 4.69) is 10.1 Å². The number of nitrogens with zero attached hydrogens (tertiary/aromatic N) is 2. The van der Waals surface area contributed by atoms with E-state index in [0.717, 1.165) is 5.56 Å². The average molecular weight is 221 g/mol. The SMILES string of the molecule is NC(=O)/N=c1\onc(-c2ccccc2)s1. The molecular weight excluding hydrogens is 214 g/mol. The molecule has 15 heavy (non-hydrogen) atoms. The van der Waals surface area contributed by atoms with Gasteiger partial charge in [-0.25, -0.2) is 4.79 Å². The number of aromatic nitrogens is 1. The second-order valence-corrected chi connectivity index (χ2v) is 3.61. The minimum Gasteiger partial charge on any atom is -0.350 e. The first-order chi connectivity index (χ1) is 7.25. The van der Waals surface area contributed by atoms with Crippen molar-refractivity contribution in [1.82, 2.24) is 5.16 Å². The molecule has 0 aliphatic heterocycles. The highest BCUT2D eigenvalue weighted by Crippen LogP contribution is 2.17. The molecule has 0 radical (unpaired) electrons. The minimum atomic E-state index is -0.790. The third kappa shape index (κ3) is 2.29. The Kier molecular flexibility index (Phi) is 2.59. The summed E-state index contributed by atoms with van der Waals surface area (Å²) < 4.78 is 4.83. The van der Waals surface area contributed by atoms with Crippen molar-refractivity contribution in [1.29, 1.82) is 0 Å². The molecule has 2 amide bonds. The van der Waals surface area contributed by atoms with Gasteiger partial charge in [0.15, 0.2) is 5.01 Å². The molecule has 1 aromatic carbocycles. The van der Waals surface area contributed by atoms with Crippen molar-refractivity contribution in [3.05, 3.63) is 35.2 Å². The largest absolute Gasteiger partial charge is 0.350 e. The van der Waals surface area contributed by atoms with Gasteiger partial charge in [0.05, 0.1) is 0 Å². The fraction of sp³-hybridized carbons (Fsp3) is 0. The summed E-state index contributed by atoms with van der Waals surface area (Å²) in [6.45, 7) is 0. The van der Waals surface area contributed by atoms with Crippen LogP contribution in [0.1, 0.15) is 0 Å². The van der Waals surface area contributed by atoms with Gasteiger partial charge in [0.1, 0.15) is 0 Å². The van der Waals surface area contributed by atoms with E-state index in [9.17, 15) is 4.79 Å². The lowest BCUT2D eigenvalue weighted by atomic mass is 10.2. The quantitative estimate of drug-likeness (QED) is 0.789. The van der Waals surface area contributed by atoms with E-state index >= 15 is 0 Å². The molecule has 1 aromatic heterocycles. The topological polar surface area (TPSA) is 81.5 Å². The van der Waals surface area contributed by atoms with Gasteiger partial charge in [-0.3, -0.25) is 0 Å². The average Bonchev–Trinajstić information content (AvgIpc) is 2.67. The summed E-state index contributed by atoms with van der Waals surface area (Å²) in [6.07, 6.45) is 0. The van der Waals surface area contributed by atoms with Crippen molar-refractivity contribution < 1.29 is 9.32 Å². The number of hydrogen-bond donors (Lipinski definition) is 1. The molecule has 0 bridgehead atoms. The summed E-state index contributed by atoms with van der Waals surface area (Å²) in [7, 11) is 0. The Hall–Kier alpha value is -1.95. The number of amides is 2. The zero-order chi connectivity index (χ0) is 10.7. The van der Waals surface area contributed by atoms with Gasteiger partial charge in [-0.05, 0) is 0 Å². The molecule has 0 spiro atoms. The van der Waals surface area contributed by atoms with Gasteiger partial charge in [0, 0.05) is 5.56 Å². The van der Waals surface area contributed by atoms with Gasteiger partial charge in [-0.15, -0.1) is 4.99 Å². The van der Waals surface area contributed by atoms with Crippen LogP contribution in [0.3, 0.4) is 0 Å². The highest BCUT2D eigenvalue weighted by Gasteiger charge is 2.03. The lowest BCUT2D eigenvalue weighted by Gasteiger charge is -1.89. The van der Waals surface area contributed by atoms with E-state index in [4.69, 9.17) is 10.3 Å². The van der Waals surface area contributed by atoms with Crippen LogP contribution < -0.4 is 10.6 Å². The van der Waals surface area contributed by atoms with Crippen LogP contribution in [0.15, 0.2) is 39.8 Å². The lowest BCUT2D eigenvalue weighted by Crippen LogP contribution is -2.08. The second kappa shape index (κ2) is 4.05. The predicted molar refractivity (Wildman–Crippen MR) is 55.0 cm³/mol. The third-order valence-electron chi connectivity index (χ3n) is 1.61. The molecule has 0 aliphatic rings. The maximum Gasteiger partial charge on any atom is 0.342 e. The van der Waals surface area contributed by atoms with Crippen LogP contribution >= 0.6 is 11.3 Å². The predicted octanol–water partition coefficient (Wildman–Crippen LogP) is 1.38. The van der Waals surface area contributed by atoms with Gasteiger partial charge < -0.3 is 10.3 Å². The maximum absolute atomic E-state index is 10.5. The first-order valence-electron chi connectivity index (χ1n) is 4.12. The second-order valence-electron chi connectivity index (χ2n) is 2.67. The van der Waals surface area contributed by atoms with E-state index in [1.54, 1.807) is 0 Å². The normalized spacial score (nSPS) is 11.6. The number of carbonyl (C=O) groups is 1.